The van der Waals surface area contributed by atoms with Crippen molar-refractivity contribution in [2.45, 2.75) is 0 Å². The molecule has 13 rings (SSSR count). The first-order chi connectivity index (χ1) is 32.2. The standard InChI is InChI=1S/C59H38N6/c1-6-18-39(19-7-1)42-36-43(59-61-57(40-20-8-2-9-21-40)60-58(62-59)41-22-10-3-11-23-41)38-46(37-42)65-52-29-17-16-28-47(52)48-30-33-53-54(56(48)65)50-31-32-51-49(34-35-63(51)44-24-12-4-13-25-44)55(50)64(53)45-26-14-5-15-27-45/h1-38H. The van der Waals surface area contributed by atoms with E-state index < -0.39 is 0 Å². The Hall–Kier alpha value is -8.87. The van der Waals surface area contributed by atoms with Crippen molar-refractivity contribution < 1.29 is 0 Å². The first kappa shape index (κ1) is 36.8. The molecule has 4 heterocycles. The fraction of sp³-hybridized carbons (Fsp3) is 0. The van der Waals surface area contributed by atoms with Crippen molar-refractivity contribution in [2.24, 2.45) is 0 Å². The predicted molar refractivity (Wildman–Crippen MR) is 267 cm³/mol. The van der Waals surface area contributed by atoms with E-state index in [4.69, 9.17) is 15.0 Å². The third kappa shape index (κ3) is 5.99. The largest absolute Gasteiger partial charge is 0.316 e. The fourth-order valence-electron chi connectivity index (χ4n) is 9.79. The Balaban J connectivity index is 1.14. The molecule has 13 aromatic rings. The van der Waals surface area contributed by atoms with Crippen molar-refractivity contribution in [3.05, 3.63) is 231 Å². The van der Waals surface area contributed by atoms with Crippen LogP contribution in [-0.4, -0.2) is 28.7 Å². The van der Waals surface area contributed by atoms with Gasteiger partial charge in [-0.05, 0) is 83.9 Å². The summed E-state index contributed by atoms with van der Waals surface area (Å²) in [7, 11) is 0. The molecule has 9 aromatic carbocycles. The number of hydrogen-bond donors (Lipinski definition) is 0. The second kappa shape index (κ2) is 14.9. The van der Waals surface area contributed by atoms with Crippen LogP contribution < -0.4 is 0 Å². The summed E-state index contributed by atoms with van der Waals surface area (Å²) in [5, 5.41) is 5.94. The van der Waals surface area contributed by atoms with Crippen molar-refractivity contribution in [1.82, 2.24) is 28.7 Å². The average molecular weight is 831 g/mol. The summed E-state index contributed by atoms with van der Waals surface area (Å²) in [4.78, 5) is 15.5. The second-order valence-corrected chi connectivity index (χ2v) is 16.5. The number of benzene rings is 9. The van der Waals surface area contributed by atoms with Gasteiger partial charge in [0.2, 0.25) is 0 Å². The summed E-state index contributed by atoms with van der Waals surface area (Å²) in [5.41, 5.74) is 13.9. The first-order valence-electron chi connectivity index (χ1n) is 21.9. The Morgan fingerprint density at radius 2 is 0.785 bits per heavy atom. The molecule has 0 unspecified atom stereocenters. The molecule has 0 saturated carbocycles. The summed E-state index contributed by atoms with van der Waals surface area (Å²) < 4.78 is 7.21. The summed E-state index contributed by atoms with van der Waals surface area (Å²) in [6.45, 7) is 0. The molecule has 0 atom stereocenters. The quantitative estimate of drug-likeness (QED) is 0.161. The van der Waals surface area contributed by atoms with E-state index in [1.54, 1.807) is 0 Å². The van der Waals surface area contributed by atoms with Crippen LogP contribution >= 0.6 is 0 Å². The maximum absolute atomic E-state index is 5.23. The zero-order valence-corrected chi connectivity index (χ0v) is 35.1. The molecule has 0 saturated heterocycles. The summed E-state index contributed by atoms with van der Waals surface area (Å²) >= 11 is 0. The monoisotopic (exact) mass is 830 g/mol. The Morgan fingerprint density at radius 3 is 1.45 bits per heavy atom. The minimum Gasteiger partial charge on any atom is -0.316 e. The molecule has 65 heavy (non-hydrogen) atoms. The molecule has 0 spiro atoms. The van der Waals surface area contributed by atoms with Crippen LogP contribution in [-0.2, 0) is 0 Å². The molecule has 6 nitrogen and oxygen atoms in total. The van der Waals surface area contributed by atoms with Gasteiger partial charge in [-0.2, -0.15) is 0 Å². The Morgan fingerprint density at radius 1 is 0.277 bits per heavy atom. The van der Waals surface area contributed by atoms with Gasteiger partial charge in [-0.1, -0.05) is 152 Å². The van der Waals surface area contributed by atoms with Crippen molar-refractivity contribution in [3.63, 3.8) is 0 Å². The fourth-order valence-corrected chi connectivity index (χ4v) is 9.79. The highest BCUT2D eigenvalue weighted by Gasteiger charge is 2.24. The number of aromatic nitrogens is 6. The van der Waals surface area contributed by atoms with Gasteiger partial charge < -0.3 is 13.7 Å². The second-order valence-electron chi connectivity index (χ2n) is 16.5. The van der Waals surface area contributed by atoms with Crippen LogP contribution in [0.5, 0.6) is 0 Å². The van der Waals surface area contributed by atoms with Crippen LogP contribution in [0, 0.1) is 0 Å². The lowest BCUT2D eigenvalue weighted by Gasteiger charge is -2.15. The number of fused-ring (bicyclic) bond motifs is 9. The third-order valence-electron chi connectivity index (χ3n) is 12.7. The Labute approximate surface area is 374 Å². The van der Waals surface area contributed by atoms with Gasteiger partial charge in [0, 0.05) is 66.9 Å². The number of hydrogen-bond acceptors (Lipinski definition) is 3. The van der Waals surface area contributed by atoms with Gasteiger partial charge >= 0.3 is 0 Å². The molecule has 0 bridgehead atoms. The predicted octanol–water partition coefficient (Wildman–Crippen LogP) is 14.7. The molecule has 0 amide bonds. The van der Waals surface area contributed by atoms with E-state index >= 15 is 0 Å². The van der Waals surface area contributed by atoms with Gasteiger partial charge in [0.1, 0.15) is 0 Å². The van der Waals surface area contributed by atoms with Crippen molar-refractivity contribution in [1.29, 1.82) is 0 Å². The van der Waals surface area contributed by atoms with Crippen LogP contribution in [0.1, 0.15) is 0 Å². The van der Waals surface area contributed by atoms with Crippen molar-refractivity contribution >= 4 is 54.5 Å². The van der Waals surface area contributed by atoms with Gasteiger partial charge in [-0.15, -0.1) is 0 Å². The van der Waals surface area contributed by atoms with Gasteiger partial charge in [0.05, 0.1) is 27.6 Å². The molecule has 0 aliphatic carbocycles. The lowest BCUT2D eigenvalue weighted by atomic mass is 10.0. The highest BCUT2D eigenvalue weighted by molar-refractivity contribution is 6.29. The molecular formula is C59H38N6. The van der Waals surface area contributed by atoms with E-state index in [1.807, 2.05) is 36.4 Å². The molecule has 0 fully saturated rings. The number of rotatable bonds is 7. The van der Waals surface area contributed by atoms with Gasteiger partial charge in [-0.25, -0.2) is 15.0 Å². The summed E-state index contributed by atoms with van der Waals surface area (Å²) in [5.74, 6) is 1.86. The van der Waals surface area contributed by atoms with Crippen LogP contribution in [0.2, 0.25) is 0 Å². The van der Waals surface area contributed by atoms with E-state index in [2.05, 4.69) is 208 Å². The van der Waals surface area contributed by atoms with Gasteiger partial charge in [0.25, 0.3) is 0 Å². The van der Waals surface area contributed by atoms with E-state index in [0.29, 0.717) is 17.5 Å². The Bertz CT molecular complexity index is 3850. The molecule has 6 heteroatoms. The molecule has 0 N–H and O–H groups in total. The minimum atomic E-state index is 0.605. The Kier molecular flexibility index (Phi) is 8.42. The van der Waals surface area contributed by atoms with Crippen molar-refractivity contribution in [2.75, 3.05) is 0 Å². The molecule has 304 valence electrons. The number of nitrogens with zero attached hydrogens (tertiary/aromatic N) is 6. The normalized spacial score (nSPS) is 11.7. The third-order valence-corrected chi connectivity index (χ3v) is 12.7. The first-order valence-corrected chi connectivity index (χ1v) is 21.9. The van der Waals surface area contributed by atoms with Crippen LogP contribution in [0.4, 0.5) is 0 Å². The molecule has 4 aromatic heterocycles. The average Bonchev–Trinajstić information content (AvgIpc) is 4.08. The number of para-hydroxylation sites is 3. The smallest absolute Gasteiger partial charge is 0.164 e. The highest BCUT2D eigenvalue weighted by Crippen LogP contribution is 2.45. The van der Waals surface area contributed by atoms with Crippen LogP contribution in [0.3, 0.4) is 0 Å². The SMILES string of the molecule is c1ccc(-c2cc(-c3nc(-c4ccccc4)nc(-c4ccccc4)n3)cc(-n3c4ccccc4c4ccc5c(c6ccc7c(ccn7-c7ccccc7)c6n5-c5ccccc5)c43)c2)cc1. The zero-order valence-electron chi connectivity index (χ0n) is 35.1. The van der Waals surface area contributed by atoms with Gasteiger partial charge in [0.15, 0.2) is 17.5 Å². The van der Waals surface area contributed by atoms with E-state index in [-0.39, 0.29) is 0 Å². The molecule has 0 radical (unpaired) electrons. The van der Waals surface area contributed by atoms with Crippen LogP contribution in [0.15, 0.2) is 231 Å². The topological polar surface area (TPSA) is 53.5 Å². The lowest BCUT2D eigenvalue weighted by Crippen LogP contribution is -2.02. The minimum absolute atomic E-state index is 0.605. The lowest BCUT2D eigenvalue weighted by molar-refractivity contribution is 1.07. The highest BCUT2D eigenvalue weighted by atomic mass is 15.0. The summed E-state index contributed by atoms with van der Waals surface area (Å²) in [6, 6.07) is 79.4. The van der Waals surface area contributed by atoms with Gasteiger partial charge in [-0.3, -0.25) is 0 Å². The van der Waals surface area contributed by atoms with E-state index in [0.717, 1.165) is 66.9 Å². The maximum atomic E-state index is 5.23. The molecular weight excluding hydrogens is 793 g/mol. The van der Waals surface area contributed by atoms with E-state index in [1.165, 1.54) is 32.4 Å². The van der Waals surface area contributed by atoms with E-state index in [9.17, 15) is 0 Å². The summed E-state index contributed by atoms with van der Waals surface area (Å²) in [6.07, 6.45) is 2.20. The maximum Gasteiger partial charge on any atom is 0.164 e. The van der Waals surface area contributed by atoms with Crippen molar-refractivity contribution in [3.8, 4) is 62.4 Å². The molecule has 0 aliphatic heterocycles. The molecule has 0 aliphatic rings. The zero-order chi connectivity index (χ0) is 42.8. The van der Waals surface area contributed by atoms with Crippen LogP contribution in [0.25, 0.3) is 117 Å².